The summed E-state index contributed by atoms with van der Waals surface area (Å²) in [6.45, 7) is 21.5. The van der Waals surface area contributed by atoms with E-state index in [1.807, 2.05) is 33.8 Å². The van der Waals surface area contributed by atoms with Crippen LogP contribution < -0.4 is 15.1 Å². The van der Waals surface area contributed by atoms with E-state index in [4.69, 9.17) is 34.9 Å². The molecule has 16 nitrogen and oxygen atoms in total. The third-order valence-corrected chi connectivity index (χ3v) is 9.64. The Kier molecular flexibility index (Phi) is 13.3. The quantitative estimate of drug-likeness (QED) is 0.113. The van der Waals surface area contributed by atoms with E-state index in [0.717, 1.165) is 16.8 Å². The number of fused-ring (bicyclic) bond motifs is 1. The lowest BCUT2D eigenvalue weighted by atomic mass is 10.1. The van der Waals surface area contributed by atoms with Crippen LogP contribution in [0.25, 0.3) is 11.2 Å². The number of amides is 3. The molecule has 0 aliphatic carbocycles. The number of nitrogens with zero attached hydrogens (tertiary/aromatic N) is 7. The van der Waals surface area contributed by atoms with E-state index in [-0.39, 0.29) is 46.9 Å². The average Bonchev–Trinajstić information content (AvgIpc) is 3.49. The van der Waals surface area contributed by atoms with Gasteiger partial charge in [-0.2, -0.15) is 9.97 Å². The van der Waals surface area contributed by atoms with Gasteiger partial charge in [-0.1, -0.05) is 6.92 Å². The lowest BCUT2D eigenvalue weighted by molar-refractivity contribution is 0.0492. The predicted molar refractivity (Wildman–Crippen MR) is 214 cm³/mol. The Morgan fingerprint density at radius 1 is 0.929 bits per heavy atom. The lowest BCUT2D eigenvalue weighted by Gasteiger charge is -2.35. The molecule has 0 unspecified atom stereocenters. The molecular weight excluding hydrogens is 764 g/mol. The van der Waals surface area contributed by atoms with Gasteiger partial charge in [0.2, 0.25) is 5.95 Å². The van der Waals surface area contributed by atoms with E-state index in [1.165, 1.54) is 34.1 Å². The molecule has 0 fully saturated rings. The summed E-state index contributed by atoms with van der Waals surface area (Å²) in [6.07, 6.45) is 0.0892. The van der Waals surface area contributed by atoms with Crippen molar-refractivity contribution in [1.29, 1.82) is 0 Å². The second-order valence-corrected chi connectivity index (χ2v) is 18.2. The van der Waals surface area contributed by atoms with Gasteiger partial charge >= 0.3 is 18.3 Å². The molecule has 0 saturated heterocycles. The number of rotatable bonds is 11. The van der Waals surface area contributed by atoms with Gasteiger partial charge in [0, 0.05) is 34.3 Å². The van der Waals surface area contributed by atoms with Crippen molar-refractivity contribution in [3.63, 3.8) is 0 Å². The number of anilines is 3. The third kappa shape index (κ3) is 11.1. The van der Waals surface area contributed by atoms with Gasteiger partial charge in [0.25, 0.3) is 9.05 Å². The number of carbonyl (C=O) groups is 3. The molecule has 4 rings (SSSR count). The van der Waals surface area contributed by atoms with Crippen LogP contribution in [0.2, 0.25) is 0 Å². The third-order valence-electron chi connectivity index (χ3n) is 8.27. The van der Waals surface area contributed by atoms with Crippen LogP contribution in [0.15, 0.2) is 47.8 Å². The number of aryl methyl sites for hydroxylation is 2. The first-order chi connectivity index (χ1) is 25.9. The molecule has 3 heterocycles. The molecule has 0 aliphatic rings. The average molecular weight is 815 g/mol. The highest BCUT2D eigenvalue weighted by molar-refractivity contribution is 8.13. The normalized spacial score (nSPS) is 13.2. The molecule has 1 aromatic carbocycles. The Morgan fingerprint density at radius 2 is 1.54 bits per heavy atom. The van der Waals surface area contributed by atoms with E-state index < -0.39 is 50.7 Å². The van der Waals surface area contributed by atoms with Crippen LogP contribution in [0, 0.1) is 13.8 Å². The Balaban J connectivity index is 1.88. The fourth-order valence-electron chi connectivity index (χ4n) is 5.66. The molecule has 0 saturated carbocycles. The smallest absolute Gasteiger partial charge is 0.417 e. The predicted octanol–water partition coefficient (Wildman–Crippen LogP) is 8.45. The van der Waals surface area contributed by atoms with Gasteiger partial charge in [-0.05, 0) is 124 Å². The number of nitrogens with one attached hydrogen (secondary N) is 1. The Bertz CT molecular complexity index is 2180. The summed E-state index contributed by atoms with van der Waals surface area (Å²) in [7, 11) is 1.45. The van der Waals surface area contributed by atoms with Gasteiger partial charge in [-0.15, -0.1) is 0 Å². The summed E-state index contributed by atoms with van der Waals surface area (Å²) in [5, 5.41) is 2.56. The van der Waals surface area contributed by atoms with E-state index >= 15 is 0 Å². The minimum Gasteiger partial charge on any atom is -0.444 e. The van der Waals surface area contributed by atoms with Crippen LogP contribution >= 0.6 is 10.7 Å². The van der Waals surface area contributed by atoms with Crippen molar-refractivity contribution in [3.05, 3.63) is 59.7 Å². The van der Waals surface area contributed by atoms with Crippen molar-refractivity contribution in [2.45, 2.75) is 130 Å². The zero-order valence-electron chi connectivity index (χ0n) is 33.9. The largest absolute Gasteiger partial charge is 0.444 e. The van der Waals surface area contributed by atoms with Gasteiger partial charge in [0.15, 0.2) is 17.0 Å². The SMILES string of the molecule is CC[C@@H]([C@@H](C)OC(=O)Nc1ccc(S(=O)(=O)Cl)cc1)N(C(=O)OC(C)(C)C)c1nc(N(Cc2cnc(C)cc2C)C(=O)OC(C)(C)C)c2ncn(C(C)C)c2n1. The molecule has 4 aromatic rings. The van der Waals surface area contributed by atoms with E-state index in [2.05, 4.69) is 15.3 Å². The first-order valence-corrected chi connectivity index (χ1v) is 20.4. The van der Waals surface area contributed by atoms with Gasteiger partial charge in [0.05, 0.1) is 23.8 Å². The second-order valence-electron chi connectivity index (χ2n) is 15.6. The van der Waals surface area contributed by atoms with E-state index in [1.54, 1.807) is 72.5 Å². The lowest BCUT2D eigenvalue weighted by Crippen LogP contribution is -2.50. The summed E-state index contributed by atoms with van der Waals surface area (Å²) in [5.41, 5.74) is 1.42. The van der Waals surface area contributed by atoms with Gasteiger partial charge < -0.3 is 18.8 Å². The molecule has 3 amide bonds. The highest BCUT2D eigenvalue weighted by Gasteiger charge is 2.38. The number of pyridine rings is 1. The fraction of sp³-hybridized carbons (Fsp3) is 0.500. The summed E-state index contributed by atoms with van der Waals surface area (Å²) in [4.78, 5) is 62.9. The molecule has 2 atom stereocenters. The topological polar surface area (TPSA) is 188 Å². The monoisotopic (exact) mass is 814 g/mol. The molecule has 18 heteroatoms. The number of ether oxygens (including phenoxy) is 3. The van der Waals surface area contributed by atoms with Crippen LogP contribution in [0.1, 0.15) is 98.5 Å². The van der Waals surface area contributed by atoms with E-state index in [0.29, 0.717) is 5.65 Å². The summed E-state index contributed by atoms with van der Waals surface area (Å²) in [5.74, 6) is -0.0761. The van der Waals surface area contributed by atoms with E-state index in [9.17, 15) is 22.8 Å². The van der Waals surface area contributed by atoms with Crippen molar-refractivity contribution in [1.82, 2.24) is 24.5 Å². The Hall–Kier alpha value is -5.03. The van der Waals surface area contributed by atoms with Crippen molar-refractivity contribution < 1.29 is 37.0 Å². The molecule has 0 spiro atoms. The number of halogens is 1. The number of benzene rings is 1. The maximum absolute atomic E-state index is 14.3. The minimum absolute atomic E-state index is 0.00471. The number of imidazole rings is 1. The van der Waals surface area contributed by atoms with Crippen molar-refractivity contribution >= 4 is 66.6 Å². The molecule has 0 bridgehead atoms. The second kappa shape index (κ2) is 17.0. The number of aromatic nitrogens is 5. The first-order valence-electron chi connectivity index (χ1n) is 18.1. The zero-order valence-corrected chi connectivity index (χ0v) is 35.4. The number of hydrogen-bond acceptors (Lipinski definition) is 12. The molecule has 0 aliphatic heterocycles. The van der Waals surface area contributed by atoms with Crippen molar-refractivity contribution in [2.24, 2.45) is 0 Å². The molecule has 304 valence electrons. The summed E-state index contributed by atoms with van der Waals surface area (Å²) >= 11 is 0. The molecule has 1 N–H and O–H groups in total. The van der Waals surface area contributed by atoms with Crippen LogP contribution in [0.4, 0.5) is 31.8 Å². The first kappa shape index (κ1) is 43.7. The highest BCUT2D eigenvalue weighted by Crippen LogP contribution is 2.33. The minimum atomic E-state index is -3.97. The van der Waals surface area contributed by atoms with Gasteiger partial charge in [0.1, 0.15) is 17.3 Å². The molecular formula is C38H51ClN8O8S. The summed E-state index contributed by atoms with van der Waals surface area (Å²) in [6, 6.07) is 6.06. The van der Waals surface area contributed by atoms with Crippen LogP contribution in [-0.2, 0) is 29.8 Å². The standard InChI is InChI=1S/C38H51ClN8O8S/c1-13-29(25(6)53-34(48)42-27-14-16-28(17-15-27)56(39,51)52)47(36(50)55-38(10,11)12)33-43-31(30-32(44-33)46(21-41-30)22(2)3)45(35(49)54-37(7,8)9)20-26-19-40-24(5)18-23(26)4/h14-19,21-22,25,29H,13,20H2,1-12H3,(H,42,48)/t25-,29+/m1/s1. The Morgan fingerprint density at radius 3 is 2.07 bits per heavy atom. The molecule has 56 heavy (non-hydrogen) atoms. The van der Waals surface area contributed by atoms with Crippen LogP contribution in [0.5, 0.6) is 0 Å². The molecule has 0 radical (unpaired) electrons. The highest BCUT2D eigenvalue weighted by atomic mass is 35.7. The van der Waals surface area contributed by atoms with Crippen molar-refractivity contribution in [3.8, 4) is 0 Å². The van der Waals surface area contributed by atoms with Crippen molar-refractivity contribution in [2.75, 3.05) is 15.1 Å². The summed E-state index contributed by atoms with van der Waals surface area (Å²) < 4.78 is 42.7. The van der Waals surface area contributed by atoms with Crippen LogP contribution in [0.3, 0.4) is 0 Å². The maximum Gasteiger partial charge on any atom is 0.417 e. The van der Waals surface area contributed by atoms with Crippen LogP contribution in [-0.4, -0.2) is 74.5 Å². The maximum atomic E-state index is 14.3. The van der Waals surface area contributed by atoms with Gasteiger partial charge in [-0.3, -0.25) is 15.2 Å². The molecule has 3 aromatic heterocycles. The zero-order chi connectivity index (χ0) is 41.9. The number of carbonyl (C=O) groups excluding carboxylic acids is 3. The number of hydrogen-bond donors (Lipinski definition) is 1. The fourth-order valence-corrected chi connectivity index (χ4v) is 6.43. The Labute approximate surface area is 332 Å². The van der Waals surface area contributed by atoms with Gasteiger partial charge in [-0.25, -0.2) is 32.7 Å².